The largest absolute Gasteiger partial charge is 0.497 e. The molecule has 0 saturated carbocycles. The van der Waals surface area contributed by atoms with Crippen molar-refractivity contribution in [3.63, 3.8) is 0 Å². The van der Waals surface area contributed by atoms with Crippen LogP contribution in [-0.2, 0) is 11.3 Å². The number of benzene rings is 3. The number of hydrogen-bond acceptors (Lipinski definition) is 9. The Bertz CT molecular complexity index is 1740. The van der Waals surface area contributed by atoms with Crippen molar-refractivity contribution in [3.8, 4) is 23.0 Å². The van der Waals surface area contributed by atoms with Crippen molar-refractivity contribution in [2.75, 3.05) is 92.9 Å². The molecule has 3 aromatic carbocycles. The van der Waals surface area contributed by atoms with Crippen molar-refractivity contribution in [2.24, 2.45) is 0 Å². The fourth-order valence-electron chi connectivity index (χ4n) is 6.68. The summed E-state index contributed by atoms with van der Waals surface area (Å²) in [5, 5.41) is 0. The molecule has 1 amide bonds. The first-order valence-electron chi connectivity index (χ1n) is 17.3. The van der Waals surface area contributed by atoms with E-state index in [-0.39, 0.29) is 25.0 Å². The van der Waals surface area contributed by atoms with E-state index < -0.39 is 12.8 Å². The molecule has 1 fully saturated rings. The Hall–Kier alpha value is -4.69. The molecule has 5 rings (SSSR count). The summed E-state index contributed by atoms with van der Waals surface area (Å²) in [5.74, 6) is 2.59. The SMILES string of the molecule is COc1ccc(C(CCN2CCCN(c3nc4ccccc4n3CCOCC(F)(F)F)CC2)CN(C)C(=O)c2cc(OC)c(OC)c(OC)c2)cc1. The fraction of sp³-hybridized carbons (Fsp3) is 0.474. The molecule has 0 spiro atoms. The monoisotopic (exact) mass is 727 g/mol. The lowest BCUT2D eigenvalue weighted by Crippen LogP contribution is -2.35. The van der Waals surface area contributed by atoms with Gasteiger partial charge in [-0.1, -0.05) is 24.3 Å². The van der Waals surface area contributed by atoms with E-state index in [2.05, 4.69) is 9.80 Å². The molecule has 1 aliphatic heterocycles. The molecule has 0 N–H and O–H groups in total. The van der Waals surface area contributed by atoms with Gasteiger partial charge >= 0.3 is 6.18 Å². The van der Waals surface area contributed by atoms with Gasteiger partial charge in [0.15, 0.2) is 11.5 Å². The molecule has 11 nitrogen and oxygen atoms in total. The number of imidazole rings is 1. The van der Waals surface area contributed by atoms with Crippen LogP contribution in [0.1, 0.15) is 34.7 Å². The lowest BCUT2D eigenvalue weighted by atomic mass is 9.94. The van der Waals surface area contributed by atoms with Gasteiger partial charge in [0.2, 0.25) is 11.7 Å². The van der Waals surface area contributed by atoms with Crippen LogP contribution in [0.3, 0.4) is 0 Å². The van der Waals surface area contributed by atoms with Crippen LogP contribution in [0.25, 0.3) is 11.0 Å². The number of methoxy groups -OCH3 is 4. The van der Waals surface area contributed by atoms with Gasteiger partial charge in [0, 0.05) is 51.3 Å². The molecule has 0 aliphatic carbocycles. The molecule has 0 radical (unpaired) electrons. The van der Waals surface area contributed by atoms with E-state index in [1.165, 1.54) is 21.3 Å². The highest BCUT2D eigenvalue weighted by molar-refractivity contribution is 5.95. The topological polar surface area (TPSA) is 90.8 Å². The number of ether oxygens (including phenoxy) is 5. The molecule has 282 valence electrons. The minimum atomic E-state index is -4.37. The molecule has 1 atom stereocenters. The minimum absolute atomic E-state index is 0.0298. The van der Waals surface area contributed by atoms with Crippen LogP contribution in [0.5, 0.6) is 23.0 Å². The average Bonchev–Trinajstić information content (AvgIpc) is 3.35. The average molecular weight is 728 g/mol. The Kier molecular flexibility index (Phi) is 13.1. The maximum atomic E-state index is 13.8. The second-order valence-corrected chi connectivity index (χ2v) is 12.8. The number of fused-ring (bicyclic) bond motifs is 1. The number of likely N-dealkylation sites (N-methyl/N-ethyl adjacent to an activating group) is 1. The maximum Gasteiger partial charge on any atom is 0.411 e. The summed E-state index contributed by atoms with van der Waals surface area (Å²) in [5.41, 5.74) is 3.18. The number of carbonyl (C=O) groups excluding carboxylic acids is 1. The van der Waals surface area contributed by atoms with Crippen LogP contribution in [-0.4, -0.2) is 119 Å². The first kappa shape index (κ1) is 38.5. The fourth-order valence-corrected chi connectivity index (χ4v) is 6.68. The number of nitrogens with zero attached hydrogens (tertiary/aromatic N) is 5. The first-order valence-corrected chi connectivity index (χ1v) is 17.3. The number of hydrogen-bond donors (Lipinski definition) is 0. The summed E-state index contributed by atoms with van der Waals surface area (Å²) in [6.07, 6.45) is -2.68. The van der Waals surface area contributed by atoms with Crippen LogP contribution in [0.2, 0.25) is 0 Å². The number of halogens is 3. The molecule has 4 aromatic rings. The molecule has 52 heavy (non-hydrogen) atoms. The highest BCUT2D eigenvalue weighted by atomic mass is 19.4. The Balaban J connectivity index is 1.28. The van der Waals surface area contributed by atoms with Crippen molar-refractivity contribution < 1.29 is 41.7 Å². The Morgan fingerprint density at radius 2 is 1.60 bits per heavy atom. The normalized spacial score (nSPS) is 14.6. The summed E-state index contributed by atoms with van der Waals surface area (Å²) < 4.78 is 66.9. The number of rotatable bonds is 16. The molecule has 1 aromatic heterocycles. The summed E-state index contributed by atoms with van der Waals surface area (Å²) in [4.78, 5) is 25.0. The van der Waals surface area contributed by atoms with E-state index in [0.29, 0.717) is 35.9 Å². The number of alkyl halides is 3. The smallest absolute Gasteiger partial charge is 0.411 e. The number of amides is 1. The highest BCUT2D eigenvalue weighted by Gasteiger charge is 2.28. The molecule has 2 heterocycles. The third kappa shape index (κ3) is 9.59. The zero-order valence-electron chi connectivity index (χ0n) is 30.4. The van der Waals surface area contributed by atoms with Gasteiger partial charge in [-0.25, -0.2) is 4.98 Å². The van der Waals surface area contributed by atoms with Gasteiger partial charge < -0.3 is 43.0 Å². The predicted molar refractivity (Wildman–Crippen MR) is 193 cm³/mol. The van der Waals surface area contributed by atoms with E-state index in [9.17, 15) is 18.0 Å². The van der Waals surface area contributed by atoms with E-state index in [0.717, 1.165) is 67.3 Å². The quantitative estimate of drug-likeness (QED) is 0.127. The van der Waals surface area contributed by atoms with E-state index in [1.807, 2.05) is 53.1 Å². The van der Waals surface area contributed by atoms with Crippen molar-refractivity contribution in [3.05, 3.63) is 71.8 Å². The van der Waals surface area contributed by atoms with Gasteiger partial charge in [-0.2, -0.15) is 13.2 Å². The molecular weight excluding hydrogens is 679 g/mol. The second kappa shape index (κ2) is 17.7. The summed E-state index contributed by atoms with van der Waals surface area (Å²) in [6, 6.07) is 19.0. The van der Waals surface area contributed by atoms with Crippen LogP contribution in [0.4, 0.5) is 19.1 Å². The summed E-state index contributed by atoms with van der Waals surface area (Å²) in [6.45, 7) is 3.32. The van der Waals surface area contributed by atoms with Crippen LogP contribution < -0.4 is 23.8 Å². The number of para-hydroxylation sites is 2. The van der Waals surface area contributed by atoms with Gasteiger partial charge in [-0.15, -0.1) is 0 Å². The third-order valence-electron chi connectivity index (χ3n) is 9.36. The van der Waals surface area contributed by atoms with Gasteiger partial charge in [0.05, 0.1) is 46.1 Å². The molecule has 0 bridgehead atoms. The van der Waals surface area contributed by atoms with E-state index in [1.54, 1.807) is 31.2 Å². The van der Waals surface area contributed by atoms with Crippen molar-refractivity contribution in [2.45, 2.75) is 31.5 Å². The van der Waals surface area contributed by atoms with Gasteiger partial charge in [-0.05, 0) is 67.9 Å². The zero-order chi connectivity index (χ0) is 37.3. The summed E-state index contributed by atoms with van der Waals surface area (Å²) in [7, 11) is 7.99. The van der Waals surface area contributed by atoms with E-state index >= 15 is 0 Å². The molecule has 1 saturated heterocycles. The van der Waals surface area contributed by atoms with Crippen LogP contribution in [0, 0.1) is 0 Å². The van der Waals surface area contributed by atoms with Crippen molar-refractivity contribution in [1.29, 1.82) is 0 Å². The lowest BCUT2D eigenvalue weighted by molar-refractivity contribution is -0.174. The second-order valence-electron chi connectivity index (χ2n) is 12.8. The van der Waals surface area contributed by atoms with Crippen LogP contribution >= 0.6 is 0 Å². The Morgan fingerprint density at radius 1 is 0.885 bits per heavy atom. The summed E-state index contributed by atoms with van der Waals surface area (Å²) >= 11 is 0. The molecule has 14 heteroatoms. The van der Waals surface area contributed by atoms with Crippen molar-refractivity contribution in [1.82, 2.24) is 19.4 Å². The molecular formula is C38H48F3N5O6. The van der Waals surface area contributed by atoms with Crippen LogP contribution in [0.15, 0.2) is 60.7 Å². The standard InChI is InChI=1S/C38H48F3N5O6/c1-43(36(47)29-23-33(49-3)35(51-5)34(24-29)50-4)25-28(27-11-13-30(48-2)14-12-27)15-18-44-16-8-17-45(20-19-44)37-42-31-9-6-7-10-32(31)46(37)21-22-52-26-38(39,40)41/h6-7,9-14,23-24,28H,8,15-22,25-26H2,1-5H3. The maximum absolute atomic E-state index is 13.8. The Morgan fingerprint density at radius 3 is 2.25 bits per heavy atom. The zero-order valence-corrected chi connectivity index (χ0v) is 30.4. The van der Waals surface area contributed by atoms with Gasteiger partial charge in [0.25, 0.3) is 5.91 Å². The van der Waals surface area contributed by atoms with Crippen molar-refractivity contribution >= 4 is 22.9 Å². The lowest BCUT2D eigenvalue weighted by Gasteiger charge is -2.28. The number of anilines is 1. The number of carbonyl (C=O) groups is 1. The minimum Gasteiger partial charge on any atom is -0.497 e. The molecule has 1 aliphatic rings. The predicted octanol–water partition coefficient (Wildman–Crippen LogP) is 6.11. The van der Waals surface area contributed by atoms with Gasteiger partial charge in [0.1, 0.15) is 12.4 Å². The third-order valence-corrected chi connectivity index (χ3v) is 9.36. The van der Waals surface area contributed by atoms with Gasteiger partial charge in [-0.3, -0.25) is 4.79 Å². The first-order chi connectivity index (χ1) is 25.0. The highest BCUT2D eigenvalue weighted by Crippen LogP contribution is 2.38. The number of aromatic nitrogens is 2. The van der Waals surface area contributed by atoms with E-state index in [4.69, 9.17) is 28.7 Å². The Labute approximate surface area is 302 Å². The molecule has 1 unspecified atom stereocenters.